The topological polar surface area (TPSA) is 71.4 Å². The second-order valence-corrected chi connectivity index (χ2v) is 7.69. The third-order valence-electron chi connectivity index (χ3n) is 4.81. The lowest BCUT2D eigenvalue weighted by Gasteiger charge is -2.16. The van der Waals surface area contributed by atoms with E-state index in [1.54, 1.807) is 24.3 Å². The van der Waals surface area contributed by atoms with Crippen molar-refractivity contribution in [2.24, 2.45) is 0 Å². The van der Waals surface area contributed by atoms with Gasteiger partial charge in [-0.1, -0.05) is 29.8 Å². The van der Waals surface area contributed by atoms with Gasteiger partial charge < -0.3 is 14.8 Å². The lowest BCUT2D eigenvalue weighted by molar-refractivity contribution is -0.112. The minimum atomic E-state index is -0.610. The number of carbonyl (C=O) groups is 1. The summed E-state index contributed by atoms with van der Waals surface area (Å²) in [5, 5.41) is 12.8. The van der Waals surface area contributed by atoms with Crippen LogP contribution >= 0.6 is 11.6 Å². The van der Waals surface area contributed by atoms with Crippen LogP contribution < -0.4 is 14.8 Å². The van der Waals surface area contributed by atoms with Gasteiger partial charge in [-0.25, -0.2) is 4.39 Å². The van der Waals surface area contributed by atoms with Crippen molar-refractivity contribution in [2.45, 2.75) is 13.0 Å². The molecule has 1 N–H and O–H groups in total. The normalized spacial score (nSPS) is 10.8. The second-order valence-electron chi connectivity index (χ2n) is 7.25. The van der Waals surface area contributed by atoms with Gasteiger partial charge in [0.1, 0.15) is 24.1 Å². The Morgan fingerprint density at radius 3 is 2.50 bits per heavy atom. The van der Waals surface area contributed by atoms with E-state index in [4.69, 9.17) is 21.1 Å². The molecule has 1 amide bonds. The fourth-order valence-electron chi connectivity index (χ4n) is 3.17. The Labute approximate surface area is 202 Å². The first-order valence-electron chi connectivity index (χ1n) is 10.3. The fraction of sp³-hybridized carbons (Fsp3) is 0.111. The summed E-state index contributed by atoms with van der Waals surface area (Å²) in [5.41, 5.74) is 2.56. The SMILES string of the molecule is C=CCc1cc(/C=C(\C#N)C(=O)Nc2ccc(F)cc2)cc(OC)c1OCc1ccc(Cl)cc1. The summed E-state index contributed by atoms with van der Waals surface area (Å²) in [6.45, 7) is 4.10. The Kier molecular flexibility index (Phi) is 8.44. The Morgan fingerprint density at radius 1 is 1.18 bits per heavy atom. The summed E-state index contributed by atoms with van der Waals surface area (Å²) in [6, 6.07) is 18.0. The van der Waals surface area contributed by atoms with Crippen molar-refractivity contribution in [3.05, 3.63) is 106 Å². The highest BCUT2D eigenvalue weighted by Gasteiger charge is 2.15. The van der Waals surface area contributed by atoms with Crippen molar-refractivity contribution in [2.75, 3.05) is 12.4 Å². The molecule has 0 heterocycles. The molecule has 0 saturated heterocycles. The van der Waals surface area contributed by atoms with E-state index in [0.717, 1.165) is 11.1 Å². The number of benzene rings is 3. The molecule has 34 heavy (non-hydrogen) atoms. The third-order valence-corrected chi connectivity index (χ3v) is 5.06. The van der Waals surface area contributed by atoms with E-state index in [1.807, 2.05) is 24.3 Å². The number of rotatable bonds is 9. The first-order valence-corrected chi connectivity index (χ1v) is 10.7. The zero-order chi connectivity index (χ0) is 24.5. The van der Waals surface area contributed by atoms with Gasteiger partial charge in [0, 0.05) is 16.3 Å². The fourth-order valence-corrected chi connectivity index (χ4v) is 3.30. The minimum Gasteiger partial charge on any atom is -0.493 e. The molecule has 3 aromatic carbocycles. The number of halogens is 2. The zero-order valence-corrected chi connectivity index (χ0v) is 19.2. The van der Waals surface area contributed by atoms with Gasteiger partial charge in [0.05, 0.1) is 7.11 Å². The number of nitrogens with one attached hydrogen (secondary N) is 1. The Bertz CT molecular complexity index is 1250. The average Bonchev–Trinajstić information content (AvgIpc) is 2.84. The predicted octanol–water partition coefficient (Wildman–Crippen LogP) is 6.34. The molecule has 0 saturated carbocycles. The average molecular weight is 477 g/mol. The lowest BCUT2D eigenvalue weighted by atomic mass is 10.0. The van der Waals surface area contributed by atoms with E-state index in [2.05, 4.69) is 11.9 Å². The molecular formula is C27H22ClFN2O3. The van der Waals surface area contributed by atoms with Crippen LogP contribution in [0.3, 0.4) is 0 Å². The molecule has 0 fully saturated rings. The van der Waals surface area contributed by atoms with Crippen LogP contribution in [0.4, 0.5) is 10.1 Å². The summed E-state index contributed by atoms with van der Waals surface area (Å²) in [7, 11) is 1.52. The van der Waals surface area contributed by atoms with Crippen molar-refractivity contribution in [1.29, 1.82) is 5.26 Å². The molecule has 0 atom stereocenters. The summed E-state index contributed by atoms with van der Waals surface area (Å²) in [6.07, 6.45) is 3.67. The number of carbonyl (C=O) groups excluding carboxylic acids is 1. The molecule has 0 unspecified atom stereocenters. The molecule has 0 spiro atoms. The molecule has 3 aromatic rings. The van der Waals surface area contributed by atoms with Crippen molar-refractivity contribution in [3.63, 3.8) is 0 Å². The molecule has 5 nitrogen and oxygen atoms in total. The largest absolute Gasteiger partial charge is 0.493 e. The van der Waals surface area contributed by atoms with Gasteiger partial charge >= 0.3 is 0 Å². The molecule has 0 bridgehead atoms. The Morgan fingerprint density at radius 2 is 1.88 bits per heavy atom. The van der Waals surface area contributed by atoms with Crippen molar-refractivity contribution >= 4 is 29.3 Å². The number of methoxy groups -OCH3 is 1. The van der Waals surface area contributed by atoms with Gasteiger partial charge in [-0.2, -0.15) is 5.26 Å². The number of nitriles is 1. The minimum absolute atomic E-state index is 0.120. The van der Waals surface area contributed by atoms with E-state index in [9.17, 15) is 14.4 Å². The van der Waals surface area contributed by atoms with Crippen molar-refractivity contribution in [1.82, 2.24) is 0 Å². The number of anilines is 1. The smallest absolute Gasteiger partial charge is 0.266 e. The first kappa shape index (κ1) is 24.6. The maximum atomic E-state index is 13.1. The number of hydrogen-bond acceptors (Lipinski definition) is 4. The number of ether oxygens (including phenoxy) is 2. The highest BCUT2D eigenvalue weighted by atomic mass is 35.5. The van der Waals surface area contributed by atoms with E-state index >= 15 is 0 Å². The van der Waals surface area contributed by atoms with Gasteiger partial charge in [0.25, 0.3) is 5.91 Å². The first-order chi connectivity index (χ1) is 16.4. The number of amides is 1. The van der Waals surface area contributed by atoms with Gasteiger partial charge in [-0.15, -0.1) is 6.58 Å². The number of allylic oxidation sites excluding steroid dienone is 1. The maximum Gasteiger partial charge on any atom is 0.266 e. The third kappa shape index (κ3) is 6.47. The maximum absolute atomic E-state index is 13.1. The highest BCUT2D eigenvalue weighted by Crippen LogP contribution is 2.35. The summed E-state index contributed by atoms with van der Waals surface area (Å²) in [4.78, 5) is 12.6. The zero-order valence-electron chi connectivity index (χ0n) is 18.5. The summed E-state index contributed by atoms with van der Waals surface area (Å²) in [5.74, 6) is -0.0322. The molecule has 7 heteroatoms. The standard InChI is InChI=1S/C27H22ClFN2O3/c1-3-4-20-13-19(14-21(16-30)27(32)31-24-11-9-23(29)10-12-24)15-25(33-2)26(20)34-17-18-5-7-22(28)8-6-18/h3,5-15H,1,4,17H2,2H3,(H,31,32)/b21-14+. The van der Waals surface area contributed by atoms with E-state index in [0.29, 0.717) is 40.8 Å². The predicted molar refractivity (Wildman–Crippen MR) is 131 cm³/mol. The van der Waals surface area contributed by atoms with Crippen LogP contribution in [0.25, 0.3) is 6.08 Å². The molecule has 0 aliphatic rings. The molecule has 0 aliphatic carbocycles. The van der Waals surface area contributed by atoms with Gasteiger partial charge in [-0.3, -0.25) is 4.79 Å². The quantitative estimate of drug-likeness (QED) is 0.222. The molecular weight excluding hydrogens is 455 g/mol. The van der Waals surface area contributed by atoms with Crippen LogP contribution in [0.2, 0.25) is 5.02 Å². The van der Waals surface area contributed by atoms with E-state index < -0.39 is 11.7 Å². The van der Waals surface area contributed by atoms with E-state index in [-0.39, 0.29) is 5.57 Å². The van der Waals surface area contributed by atoms with Crippen LogP contribution in [0, 0.1) is 17.1 Å². The number of nitrogens with zero attached hydrogens (tertiary/aromatic N) is 1. The lowest BCUT2D eigenvalue weighted by Crippen LogP contribution is -2.13. The van der Waals surface area contributed by atoms with Crippen LogP contribution in [0.15, 0.2) is 78.9 Å². The number of hydrogen-bond donors (Lipinski definition) is 1. The van der Waals surface area contributed by atoms with Crippen LogP contribution in [0.1, 0.15) is 16.7 Å². The van der Waals surface area contributed by atoms with Crippen LogP contribution in [0.5, 0.6) is 11.5 Å². The molecule has 0 radical (unpaired) electrons. The Hall–Kier alpha value is -4.08. The monoisotopic (exact) mass is 476 g/mol. The van der Waals surface area contributed by atoms with Crippen molar-refractivity contribution in [3.8, 4) is 17.6 Å². The van der Waals surface area contributed by atoms with Crippen LogP contribution in [-0.4, -0.2) is 13.0 Å². The summed E-state index contributed by atoms with van der Waals surface area (Å²) < 4.78 is 24.7. The second kappa shape index (κ2) is 11.7. The van der Waals surface area contributed by atoms with E-state index in [1.165, 1.54) is 37.5 Å². The Balaban J connectivity index is 1.88. The van der Waals surface area contributed by atoms with Gasteiger partial charge in [0.15, 0.2) is 11.5 Å². The van der Waals surface area contributed by atoms with Crippen molar-refractivity contribution < 1.29 is 18.7 Å². The molecule has 0 aliphatic heterocycles. The van der Waals surface area contributed by atoms with Gasteiger partial charge in [0.2, 0.25) is 0 Å². The summed E-state index contributed by atoms with van der Waals surface area (Å²) >= 11 is 5.94. The molecule has 0 aromatic heterocycles. The van der Waals surface area contributed by atoms with Gasteiger partial charge in [-0.05, 0) is 72.2 Å². The molecule has 172 valence electrons. The molecule has 3 rings (SSSR count). The highest BCUT2D eigenvalue weighted by molar-refractivity contribution is 6.30. The van der Waals surface area contributed by atoms with Crippen LogP contribution in [-0.2, 0) is 17.8 Å².